The molecule has 2 aromatic carbocycles. The molecule has 2 amide bonds. The van der Waals surface area contributed by atoms with Crippen molar-refractivity contribution < 1.29 is 19.1 Å². The Bertz CT molecular complexity index is 868. The van der Waals surface area contributed by atoms with Crippen LogP contribution in [0.5, 0.6) is 5.75 Å². The third kappa shape index (κ3) is 4.68. The predicted molar refractivity (Wildman–Crippen MR) is 104 cm³/mol. The summed E-state index contributed by atoms with van der Waals surface area (Å²) in [6.07, 6.45) is 1.38. The first kappa shape index (κ1) is 19.0. The van der Waals surface area contributed by atoms with E-state index < -0.39 is 18.0 Å². The Hall–Kier alpha value is -2.80. The summed E-state index contributed by atoms with van der Waals surface area (Å²) in [5.74, 6) is 0.0773. The molecule has 0 aromatic heterocycles. The second-order valence-electron chi connectivity index (χ2n) is 5.83. The van der Waals surface area contributed by atoms with Gasteiger partial charge in [0.05, 0.1) is 18.2 Å². The SMILES string of the molecule is CCOC(=O)C1=CNC(=O)NC1c1cc(Br)ccc1OCc1ccccc1. The quantitative estimate of drug-likeness (QED) is 0.682. The summed E-state index contributed by atoms with van der Waals surface area (Å²) in [6, 6.07) is 14.1. The van der Waals surface area contributed by atoms with Gasteiger partial charge in [-0.3, -0.25) is 0 Å². The minimum atomic E-state index is -0.680. The van der Waals surface area contributed by atoms with E-state index in [0.717, 1.165) is 10.0 Å². The highest BCUT2D eigenvalue weighted by Crippen LogP contribution is 2.34. The van der Waals surface area contributed by atoms with Gasteiger partial charge in [0.1, 0.15) is 12.4 Å². The topological polar surface area (TPSA) is 76.7 Å². The first-order valence-corrected chi connectivity index (χ1v) is 9.28. The van der Waals surface area contributed by atoms with Crippen molar-refractivity contribution in [1.29, 1.82) is 0 Å². The van der Waals surface area contributed by atoms with Gasteiger partial charge < -0.3 is 20.1 Å². The second-order valence-corrected chi connectivity index (χ2v) is 6.74. The minimum absolute atomic E-state index is 0.243. The van der Waals surface area contributed by atoms with Crippen LogP contribution in [0.2, 0.25) is 0 Å². The van der Waals surface area contributed by atoms with Crippen LogP contribution in [0.4, 0.5) is 4.79 Å². The first-order chi connectivity index (χ1) is 13.1. The van der Waals surface area contributed by atoms with E-state index in [1.807, 2.05) is 42.5 Å². The molecule has 0 radical (unpaired) electrons. The molecule has 1 aliphatic heterocycles. The summed E-state index contributed by atoms with van der Waals surface area (Å²) in [5.41, 5.74) is 1.98. The van der Waals surface area contributed by atoms with Gasteiger partial charge in [-0.25, -0.2) is 9.59 Å². The molecule has 1 aliphatic rings. The van der Waals surface area contributed by atoms with Gasteiger partial charge in [-0.2, -0.15) is 0 Å². The monoisotopic (exact) mass is 430 g/mol. The second kappa shape index (κ2) is 8.73. The van der Waals surface area contributed by atoms with Gasteiger partial charge in [-0.05, 0) is 30.7 Å². The zero-order valence-corrected chi connectivity index (χ0v) is 16.3. The van der Waals surface area contributed by atoms with Crippen LogP contribution in [0, 0.1) is 0 Å². The summed E-state index contributed by atoms with van der Waals surface area (Å²) in [5, 5.41) is 5.27. The number of ether oxygens (including phenoxy) is 2. The van der Waals surface area contributed by atoms with E-state index >= 15 is 0 Å². The summed E-state index contributed by atoms with van der Waals surface area (Å²) in [7, 11) is 0. The summed E-state index contributed by atoms with van der Waals surface area (Å²) < 4.78 is 11.9. The maximum atomic E-state index is 12.3. The molecule has 2 N–H and O–H groups in total. The fourth-order valence-corrected chi connectivity index (χ4v) is 3.10. The highest BCUT2D eigenvalue weighted by Gasteiger charge is 2.31. The largest absolute Gasteiger partial charge is 0.489 e. The van der Waals surface area contributed by atoms with Crippen LogP contribution in [0.15, 0.2) is 64.8 Å². The third-order valence-electron chi connectivity index (χ3n) is 3.98. The van der Waals surface area contributed by atoms with Crippen molar-refractivity contribution in [3.05, 3.63) is 75.9 Å². The molecule has 3 rings (SSSR count). The van der Waals surface area contributed by atoms with Crippen LogP contribution in [0.25, 0.3) is 0 Å². The van der Waals surface area contributed by atoms with Crippen LogP contribution in [-0.4, -0.2) is 18.6 Å². The Kier molecular flexibility index (Phi) is 6.13. The van der Waals surface area contributed by atoms with Gasteiger partial charge in [0.2, 0.25) is 0 Å². The maximum Gasteiger partial charge on any atom is 0.337 e. The molecular weight excluding hydrogens is 412 g/mol. The zero-order valence-electron chi connectivity index (χ0n) is 14.7. The van der Waals surface area contributed by atoms with Crippen molar-refractivity contribution in [2.75, 3.05) is 6.61 Å². The summed E-state index contributed by atoms with van der Waals surface area (Å²) in [4.78, 5) is 24.2. The van der Waals surface area contributed by atoms with Crippen LogP contribution < -0.4 is 15.4 Å². The molecule has 7 heteroatoms. The molecule has 2 aromatic rings. The average molecular weight is 431 g/mol. The number of urea groups is 1. The molecule has 1 atom stereocenters. The smallest absolute Gasteiger partial charge is 0.337 e. The normalized spacial score (nSPS) is 16.0. The fraction of sp³-hybridized carbons (Fsp3) is 0.200. The minimum Gasteiger partial charge on any atom is -0.489 e. The number of esters is 1. The van der Waals surface area contributed by atoms with Gasteiger partial charge in [0.15, 0.2) is 0 Å². The van der Waals surface area contributed by atoms with Gasteiger partial charge in [0, 0.05) is 16.2 Å². The van der Waals surface area contributed by atoms with Crippen molar-refractivity contribution in [2.24, 2.45) is 0 Å². The number of carbonyl (C=O) groups excluding carboxylic acids is 2. The fourth-order valence-electron chi connectivity index (χ4n) is 2.73. The number of rotatable bonds is 6. The lowest BCUT2D eigenvalue weighted by molar-refractivity contribution is -0.139. The molecule has 1 unspecified atom stereocenters. The van der Waals surface area contributed by atoms with Gasteiger partial charge in [-0.15, -0.1) is 0 Å². The molecule has 1 heterocycles. The lowest BCUT2D eigenvalue weighted by atomic mass is 9.97. The van der Waals surface area contributed by atoms with E-state index in [1.165, 1.54) is 6.20 Å². The van der Waals surface area contributed by atoms with Crippen molar-refractivity contribution >= 4 is 27.9 Å². The predicted octanol–water partition coefficient (Wildman–Crippen LogP) is 3.83. The van der Waals surface area contributed by atoms with Crippen LogP contribution in [-0.2, 0) is 16.1 Å². The molecule has 0 saturated heterocycles. The first-order valence-electron chi connectivity index (χ1n) is 8.49. The Morgan fingerprint density at radius 1 is 1.19 bits per heavy atom. The van der Waals surface area contributed by atoms with Crippen molar-refractivity contribution in [3.8, 4) is 5.75 Å². The number of nitrogens with one attached hydrogen (secondary N) is 2. The Morgan fingerprint density at radius 2 is 1.96 bits per heavy atom. The van der Waals surface area contributed by atoms with Crippen molar-refractivity contribution in [3.63, 3.8) is 0 Å². The standard InChI is InChI=1S/C20H19BrN2O4/c1-2-26-19(24)16-11-22-20(25)23-18(16)15-10-14(21)8-9-17(15)27-12-13-6-4-3-5-7-13/h3-11,18H,2,12H2,1H3,(H2,22,23,25). The van der Waals surface area contributed by atoms with E-state index in [9.17, 15) is 9.59 Å². The Labute approximate surface area is 165 Å². The number of halogens is 1. The molecule has 0 aliphatic carbocycles. The van der Waals surface area contributed by atoms with Crippen molar-refractivity contribution in [1.82, 2.24) is 10.6 Å². The van der Waals surface area contributed by atoms with E-state index in [2.05, 4.69) is 26.6 Å². The van der Waals surface area contributed by atoms with E-state index in [1.54, 1.807) is 13.0 Å². The number of hydrogen-bond donors (Lipinski definition) is 2. The van der Waals surface area contributed by atoms with Crippen LogP contribution in [0.3, 0.4) is 0 Å². The molecule has 0 bridgehead atoms. The number of benzene rings is 2. The summed E-state index contributed by atoms with van der Waals surface area (Å²) >= 11 is 3.44. The highest BCUT2D eigenvalue weighted by molar-refractivity contribution is 9.10. The Balaban J connectivity index is 1.92. The van der Waals surface area contributed by atoms with E-state index in [-0.39, 0.29) is 6.61 Å². The lowest BCUT2D eigenvalue weighted by Gasteiger charge is -2.26. The van der Waals surface area contributed by atoms with Crippen LogP contribution >= 0.6 is 15.9 Å². The average Bonchev–Trinajstić information content (AvgIpc) is 2.68. The van der Waals surface area contributed by atoms with Crippen LogP contribution in [0.1, 0.15) is 24.1 Å². The Morgan fingerprint density at radius 3 is 2.70 bits per heavy atom. The van der Waals surface area contributed by atoms with E-state index in [0.29, 0.717) is 23.5 Å². The molecule has 27 heavy (non-hydrogen) atoms. The zero-order chi connectivity index (χ0) is 19.2. The molecule has 140 valence electrons. The molecule has 6 nitrogen and oxygen atoms in total. The number of hydrogen-bond acceptors (Lipinski definition) is 4. The number of amides is 2. The van der Waals surface area contributed by atoms with Crippen molar-refractivity contribution in [2.45, 2.75) is 19.6 Å². The lowest BCUT2D eigenvalue weighted by Crippen LogP contribution is -2.43. The third-order valence-corrected chi connectivity index (χ3v) is 4.47. The van der Waals surface area contributed by atoms with E-state index in [4.69, 9.17) is 9.47 Å². The van der Waals surface area contributed by atoms with Gasteiger partial charge in [0.25, 0.3) is 0 Å². The molecule has 0 spiro atoms. The maximum absolute atomic E-state index is 12.3. The number of carbonyl (C=O) groups is 2. The molecular formula is C20H19BrN2O4. The summed E-state index contributed by atoms with van der Waals surface area (Å²) in [6.45, 7) is 2.34. The highest BCUT2D eigenvalue weighted by atomic mass is 79.9. The molecule has 0 fully saturated rings. The molecule has 0 saturated carbocycles. The van der Waals surface area contributed by atoms with Gasteiger partial charge >= 0.3 is 12.0 Å². The van der Waals surface area contributed by atoms with Gasteiger partial charge in [-0.1, -0.05) is 46.3 Å².